The molecule has 0 aromatic carbocycles. The van der Waals surface area contributed by atoms with Crippen LogP contribution in [0.1, 0.15) is 53.6 Å². The smallest absolute Gasteiger partial charge is 0.280 e. The molecule has 0 N–H and O–H groups in total. The topological polar surface area (TPSA) is 65.7 Å². The monoisotopic (exact) mass is 401 g/mol. The van der Waals surface area contributed by atoms with Crippen molar-refractivity contribution >= 4 is 11.4 Å². The Hall–Kier alpha value is -2.87. The fraction of sp³-hybridized carbons (Fsp3) is 0.381. The number of imidazole rings is 1. The van der Waals surface area contributed by atoms with E-state index in [-0.39, 0.29) is 23.5 Å². The van der Waals surface area contributed by atoms with Crippen LogP contribution in [-0.2, 0) is 16.8 Å². The molecule has 0 aliphatic heterocycles. The van der Waals surface area contributed by atoms with Crippen LogP contribution in [0, 0.1) is 0 Å². The Morgan fingerprint density at radius 3 is 2.72 bits per heavy atom. The molecule has 0 spiro atoms. The van der Waals surface area contributed by atoms with E-state index in [2.05, 4.69) is 9.97 Å². The summed E-state index contributed by atoms with van der Waals surface area (Å²) in [5.41, 5.74) is 1.45. The number of Topliss-reactive ketones (excluding diaryl/α,β-unsaturated/α-hetero) is 1. The quantitative estimate of drug-likeness (QED) is 0.531. The molecular formula is C21H21F2N3O3. The third-order valence-corrected chi connectivity index (χ3v) is 5.12. The standard InChI is InChI=1S/C21H21F2N3O3/c1-3-29-17-10-19-25-18(21(28-2)7-8-21)12-26(19)11-13(17)9-16(27)14-5-4-6-15(24-14)20(22)23/h4-6,10-12,20H,3,7-9H2,1-2H3. The van der Waals surface area contributed by atoms with Crippen molar-refractivity contribution in [1.29, 1.82) is 0 Å². The molecule has 1 fully saturated rings. The van der Waals surface area contributed by atoms with Gasteiger partial charge >= 0.3 is 0 Å². The van der Waals surface area contributed by atoms with E-state index < -0.39 is 12.1 Å². The Morgan fingerprint density at radius 1 is 1.28 bits per heavy atom. The van der Waals surface area contributed by atoms with Gasteiger partial charge in [0.1, 0.15) is 28.4 Å². The highest BCUT2D eigenvalue weighted by Crippen LogP contribution is 2.48. The maximum absolute atomic E-state index is 12.9. The lowest BCUT2D eigenvalue weighted by Crippen LogP contribution is -2.10. The zero-order valence-electron chi connectivity index (χ0n) is 16.2. The van der Waals surface area contributed by atoms with Gasteiger partial charge in [0.15, 0.2) is 5.78 Å². The van der Waals surface area contributed by atoms with Gasteiger partial charge in [0.05, 0.1) is 12.3 Å². The molecule has 0 amide bonds. The second kappa shape index (κ2) is 7.51. The average molecular weight is 401 g/mol. The Balaban J connectivity index is 1.67. The number of rotatable bonds is 8. The minimum absolute atomic E-state index is 0.00739. The van der Waals surface area contributed by atoms with Crippen molar-refractivity contribution in [1.82, 2.24) is 14.4 Å². The van der Waals surface area contributed by atoms with Crippen LogP contribution >= 0.6 is 0 Å². The first-order valence-electron chi connectivity index (χ1n) is 9.44. The predicted octanol–water partition coefficient (Wildman–Crippen LogP) is 4.13. The Bertz CT molecular complexity index is 1060. The molecule has 8 heteroatoms. The number of methoxy groups -OCH3 is 1. The summed E-state index contributed by atoms with van der Waals surface area (Å²) >= 11 is 0. The second-order valence-corrected chi connectivity index (χ2v) is 7.03. The van der Waals surface area contributed by atoms with E-state index in [4.69, 9.17) is 9.47 Å². The van der Waals surface area contributed by atoms with E-state index in [1.54, 1.807) is 19.4 Å². The number of hydrogen-bond donors (Lipinski definition) is 0. The first-order chi connectivity index (χ1) is 14.0. The number of aromatic nitrogens is 3. The summed E-state index contributed by atoms with van der Waals surface area (Å²) in [5.74, 6) is 0.182. The van der Waals surface area contributed by atoms with Crippen molar-refractivity contribution in [3.8, 4) is 5.75 Å². The van der Waals surface area contributed by atoms with Gasteiger partial charge < -0.3 is 13.9 Å². The number of carbonyl (C=O) groups excluding carboxylic acids is 1. The number of ketones is 1. The minimum Gasteiger partial charge on any atom is -0.493 e. The van der Waals surface area contributed by atoms with Crippen LogP contribution in [0.25, 0.3) is 5.65 Å². The molecule has 1 aliphatic carbocycles. The Labute approximate surface area is 166 Å². The van der Waals surface area contributed by atoms with E-state index in [1.807, 2.05) is 17.5 Å². The van der Waals surface area contributed by atoms with Gasteiger partial charge in [0, 0.05) is 37.6 Å². The fourth-order valence-electron chi connectivity index (χ4n) is 3.37. The van der Waals surface area contributed by atoms with E-state index in [1.165, 1.54) is 18.2 Å². The number of alkyl halides is 2. The molecule has 0 atom stereocenters. The van der Waals surface area contributed by atoms with Gasteiger partial charge in [0.2, 0.25) is 0 Å². The molecule has 6 nitrogen and oxygen atoms in total. The molecule has 152 valence electrons. The van der Waals surface area contributed by atoms with Gasteiger partial charge in [-0.25, -0.2) is 18.7 Å². The van der Waals surface area contributed by atoms with Gasteiger partial charge in [-0.05, 0) is 31.9 Å². The lowest BCUT2D eigenvalue weighted by molar-refractivity contribution is 0.0756. The van der Waals surface area contributed by atoms with Crippen molar-refractivity contribution in [3.05, 3.63) is 59.3 Å². The number of pyridine rings is 2. The first kappa shape index (κ1) is 19.4. The number of nitrogens with zero attached hydrogens (tertiary/aromatic N) is 3. The van der Waals surface area contributed by atoms with Crippen LogP contribution in [-0.4, -0.2) is 33.9 Å². The summed E-state index contributed by atoms with van der Waals surface area (Å²) < 4.78 is 38.9. The number of ether oxygens (including phenoxy) is 2. The highest BCUT2D eigenvalue weighted by Gasteiger charge is 2.47. The van der Waals surface area contributed by atoms with E-state index >= 15 is 0 Å². The van der Waals surface area contributed by atoms with Crippen molar-refractivity contribution < 1.29 is 23.0 Å². The molecule has 4 rings (SSSR count). The summed E-state index contributed by atoms with van der Waals surface area (Å²) in [5, 5.41) is 0. The van der Waals surface area contributed by atoms with Crippen LogP contribution in [0.2, 0.25) is 0 Å². The molecule has 29 heavy (non-hydrogen) atoms. The second-order valence-electron chi connectivity index (χ2n) is 7.03. The number of fused-ring (bicyclic) bond motifs is 1. The van der Waals surface area contributed by atoms with Crippen LogP contribution in [0.4, 0.5) is 8.78 Å². The number of hydrogen-bond acceptors (Lipinski definition) is 5. The van der Waals surface area contributed by atoms with Crippen molar-refractivity contribution in [2.24, 2.45) is 0 Å². The van der Waals surface area contributed by atoms with Crippen LogP contribution in [0.15, 0.2) is 36.7 Å². The lowest BCUT2D eigenvalue weighted by Gasteiger charge is -2.11. The largest absolute Gasteiger partial charge is 0.493 e. The van der Waals surface area contributed by atoms with E-state index in [9.17, 15) is 13.6 Å². The van der Waals surface area contributed by atoms with Gasteiger partial charge in [-0.2, -0.15) is 0 Å². The molecule has 3 heterocycles. The SMILES string of the molecule is CCOc1cc2nc(C3(OC)CC3)cn2cc1CC(=O)c1cccc(C(F)F)n1. The number of halogens is 2. The summed E-state index contributed by atoms with van der Waals surface area (Å²) in [6, 6.07) is 5.84. The van der Waals surface area contributed by atoms with E-state index in [0.29, 0.717) is 23.6 Å². The Morgan fingerprint density at radius 2 is 2.07 bits per heavy atom. The minimum atomic E-state index is -2.72. The third kappa shape index (κ3) is 3.72. The lowest BCUT2D eigenvalue weighted by atomic mass is 10.1. The van der Waals surface area contributed by atoms with Crippen molar-refractivity contribution in [2.45, 2.75) is 38.2 Å². The highest BCUT2D eigenvalue weighted by atomic mass is 19.3. The van der Waals surface area contributed by atoms with Gasteiger partial charge in [-0.15, -0.1) is 0 Å². The van der Waals surface area contributed by atoms with Gasteiger partial charge in [-0.3, -0.25) is 4.79 Å². The van der Waals surface area contributed by atoms with Crippen molar-refractivity contribution in [2.75, 3.05) is 13.7 Å². The molecule has 0 unspecified atom stereocenters. The maximum Gasteiger partial charge on any atom is 0.280 e. The summed E-state index contributed by atoms with van der Waals surface area (Å²) in [6.07, 6.45) is 2.78. The van der Waals surface area contributed by atoms with Crippen molar-refractivity contribution in [3.63, 3.8) is 0 Å². The molecule has 3 aromatic rings. The Kier molecular flexibility index (Phi) is 5.04. The molecule has 1 aliphatic rings. The summed E-state index contributed by atoms with van der Waals surface area (Å²) in [7, 11) is 1.67. The molecule has 0 radical (unpaired) electrons. The predicted molar refractivity (Wildman–Crippen MR) is 102 cm³/mol. The highest BCUT2D eigenvalue weighted by molar-refractivity contribution is 5.96. The maximum atomic E-state index is 12.9. The molecular weight excluding hydrogens is 380 g/mol. The van der Waals surface area contributed by atoms with Crippen LogP contribution in [0.5, 0.6) is 5.75 Å². The summed E-state index contributed by atoms with van der Waals surface area (Å²) in [4.78, 5) is 21.1. The van der Waals surface area contributed by atoms with E-state index in [0.717, 1.165) is 18.5 Å². The molecule has 0 bridgehead atoms. The first-order valence-corrected chi connectivity index (χ1v) is 9.44. The summed E-state index contributed by atoms with van der Waals surface area (Å²) in [6.45, 7) is 2.27. The molecule has 0 saturated heterocycles. The number of carbonyl (C=O) groups is 1. The zero-order valence-corrected chi connectivity index (χ0v) is 16.2. The fourth-order valence-corrected chi connectivity index (χ4v) is 3.37. The normalized spacial score (nSPS) is 15.1. The van der Waals surface area contributed by atoms with Crippen LogP contribution < -0.4 is 4.74 Å². The molecule has 1 saturated carbocycles. The average Bonchev–Trinajstić information content (AvgIpc) is 3.41. The van der Waals surface area contributed by atoms with Gasteiger partial charge in [0.25, 0.3) is 6.43 Å². The van der Waals surface area contributed by atoms with Crippen LogP contribution in [0.3, 0.4) is 0 Å². The zero-order chi connectivity index (χ0) is 20.6. The third-order valence-electron chi connectivity index (χ3n) is 5.12. The van der Waals surface area contributed by atoms with Gasteiger partial charge in [-0.1, -0.05) is 6.07 Å². The molecule has 3 aromatic heterocycles.